The zero-order chi connectivity index (χ0) is 18.7. The maximum atomic E-state index is 13.2. The first kappa shape index (κ1) is 19.5. The van der Waals surface area contributed by atoms with Crippen LogP contribution in [0.15, 0.2) is 11.5 Å². The van der Waals surface area contributed by atoms with Crippen LogP contribution in [0.1, 0.15) is 54.4 Å². The minimum Gasteiger partial charge on any atom is -0.488 e. The molecule has 138 valence electrons. The van der Waals surface area contributed by atoms with Crippen molar-refractivity contribution in [3.05, 3.63) is 11.5 Å². The van der Waals surface area contributed by atoms with Gasteiger partial charge in [-0.2, -0.15) is 0 Å². The fourth-order valence-electron chi connectivity index (χ4n) is 4.40. The molecule has 0 amide bonds. The van der Waals surface area contributed by atoms with Crippen molar-refractivity contribution >= 4 is 13.9 Å². The molecule has 0 aliphatic heterocycles. The molecule has 0 aromatic rings. The lowest BCUT2D eigenvalue weighted by atomic mass is 9.73. The average molecular weight is 355 g/mol. The first-order valence-electron chi connectivity index (χ1n) is 9.07. The van der Waals surface area contributed by atoms with Crippen molar-refractivity contribution in [2.45, 2.75) is 96.9 Å². The molecular formula is C19H34O4Si. The van der Waals surface area contributed by atoms with E-state index in [9.17, 15) is 9.90 Å². The molecule has 0 aromatic carbocycles. The molecule has 0 bridgehead atoms. The molecule has 5 heteroatoms. The van der Waals surface area contributed by atoms with E-state index in [1.54, 1.807) is 0 Å². The van der Waals surface area contributed by atoms with Crippen molar-refractivity contribution in [3.8, 4) is 0 Å². The molecule has 24 heavy (non-hydrogen) atoms. The van der Waals surface area contributed by atoms with Gasteiger partial charge in [-0.15, -0.1) is 0 Å². The van der Waals surface area contributed by atoms with E-state index in [1.807, 2.05) is 34.6 Å². The van der Waals surface area contributed by atoms with E-state index in [1.165, 1.54) is 0 Å². The predicted octanol–water partition coefficient (Wildman–Crippen LogP) is 4.26. The molecule has 3 atom stereocenters. The third kappa shape index (κ3) is 2.31. The quantitative estimate of drug-likeness (QED) is 0.750. The Bertz CT molecular complexity index is 574. The summed E-state index contributed by atoms with van der Waals surface area (Å²) >= 11 is 0. The monoisotopic (exact) mass is 354 g/mol. The molecule has 4 nitrogen and oxygen atoms in total. The van der Waals surface area contributed by atoms with Crippen LogP contribution in [0.25, 0.3) is 0 Å². The van der Waals surface area contributed by atoms with Gasteiger partial charge in [-0.1, -0.05) is 26.6 Å². The molecule has 0 aromatic heterocycles. The van der Waals surface area contributed by atoms with E-state index in [-0.39, 0.29) is 28.8 Å². The Labute approximate surface area is 147 Å². The topological polar surface area (TPSA) is 55.8 Å². The number of ether oxygens (including phenoxy) is 2. The SMILES string of the molecule is CC(C)OC1=C(OC(C)C)[C@]2(O)[C@@](C)(CC[C@]2(C)[Si](C)(C)C)C1=O. The van der Waals surface area contributed by atoms with Gasteiger partial charge >= 0.3 is 0 Å². The second-order valence-electron chi connectivity index (χ2n) is 9.45. The Morgan fingerprint density at radius 1 is 1.00 bits per heavy atom. The van der Waals surface area contributed by atoms with Gasteiger partial charge in [0.15, 0.2) is 5.76 Å². The average Bonchev–Trinajstić information content (AvgIpc) is 2.72. The summed E-state index contributed by atoms with van der Waals surface area (Å²) in [7, 11) is -1.82. The summed E-state index contributed by atoms with van der Waals surface area (Å²) < 4.78 is 11.9. The fraction of sp³-hybridized carbons (Fsp3) is 0.842. The van der Waals surface area contributed by atoms with Gasteiger partial charge in [0.05, 0.1) is 25.7 Å². The van der Waals surface area contributed by atoms with Crippen LogP contribution in [0.4, 0.5) is 0 Å². The molecule has 0 spiro atoms. The van der Waals surface area contributed by atoms with Crippen LogP contribution in [0, 0.1) is 5.41 Å². The fourth-order valence-corrected chi connectivity index (χ4v) is 6.75. The number of rotatable bonds is 5. The molecule has 0 saturated heterocycles. The van der Waals surface area contributed by atoms with E-state index in [0.717, 1.165) is 6.42 Å². The van der Waals surface area contributed by atoms with Gasteiger partial charge in [-0.25, -0.2) is 0 Å². The summed E-state index contributed by atoms with van der Waals surface area (Å²) in [5.41, 5.74) is -2.16. The molecule has 0 radical (unpaired) electrons. The van der Waals surface area contributed by atoms with E-state index < -0.39 is 19.1 Å². The zero-order valence-electron chi connectivity index (χ0n) is 16.7. The third-order valence-electron chi connectivity index (χ3n) is 6.33. The number of allylic oxidation sites excluding steroid dienone is 1. The van der Waals surface area contributed by atoms with Crippen LogP contribution in [0.2, 0.25) is 24.7 Å². The van der Waals surface area contributed by atoms with Gasteiger partial charge in [0, 0.05) is 0 Å². The summed E-state index contributed by atoms with van der Waals surface area (Å²) in [5.74, 6) is 0.519. The summed E-state index contributed by atoms with van der Waals surface area (Å²) in [5, 5.41) is 11.7. The number of carbonyl (C=O) groups is 1. The first-order valence-corrected chi connectivity index (χ1v) is 12.6. The minimum atomic E-state index is -1.82. The maximum absolute atomic E-state index is 13.2. The van der Waals surface area contributed by atoms with Crippen molar-refractivity contribution < 1.29 is 19.4 Å². The van der Waals surface area contributed by atoms with Crippen LogP contribution in [0.5, 0.6) is 0 Å². The van der Waals surface area contributed by atoms with Gasteiger partial charge < -0.3 is 14.6 Å². The van der Waals surface area contributed by atoms with Gasteiger partial charge in [0.25, 0.3) is 0 Å². The number of aliphatic hydroxyl groups is 1. The zero-order valence-corrected chi connectivity index (χ0v) is 17.7. The van der Waals surface area contributed by atoms with E-state index >= 15 is 0 Å². The van der Waals surface area contributed by atoms with Crippen molar-refractivity contribution in [2.75, 3.05) is 0 Å². The molecular weight excluding hydrogens is 320 g/mol. The number of hydrogen-bond acceptors (Lipinski definition) is 4. The summed E-state index contributed by atoms with van der Waals surface area (Å²) in [6.07, 6.45) is 1.23. The second kappa shape index (κ2) is 5.60. The third-order valence-corrected chi connectivity index (χ3v) is 10.2. The van der Waals surface area contributed by atoms with Crippen molar-refractivity contribution in [1.82, 2.24) is 0 Å². The highest BCUT2D eigenvalue weighted by atomic mass is 28.3. The molecule has 1 fully saturated rings. The Morgan fingerprint density at radius 3 is 1.92 bits per heavy atom. The Morgan fingerprint density at radius 2 is 1.50 bits per heavy atom. The van der Waals surface area contributed by atoms with E-state index in [2.05, 4.69) is 26.6 Å². The highest BCUT2D eigenvalue weighted by molar-refractivity contribution is 6.79. The van der Waals surface area contributed by atoms with E-state index in [0.29, 0.717) is 12.2 Å². The lowest BCUT2D eigenvalue weighted by Gasteiger charge is -2.50. The molecule has 2 aliphatic rings. The van der Waals surface area contributed by atoms with Gasteiger partial charge in [-0.05, 0) is 52.5 Å². The lowest BCUT2D eigenvalue weighted by molar-refractivity contribution is -0.137. The predicted molar refractivity (Wildman–Crippen MR) is 98.5 cm³/mol. The molecule has 0 heterocycles. The minimum absolute atomic E-state index is 0.101. The molecule has 0 unspecified atom stereocenters. The summed E-state index contributed by atoms with van der Waals surface area (Å²) in [4.78, 5) is 13.2. The summed E-state index contributed by atoms with van der Waals surface area (Å²) in [6.45, 7) is 18.4. The van der Waals surface area contributed by atoms with Crippen LogP contribution in [0.3, 0.4) is 0 Å². The van der Waals surface area contributed by atoms with Crippen LogP contribution < -0.4 is 0 Å². The Kier molecular flexibility index (Phi) is 4.55. The van der Waals surface area contributed by atoms with Gasteiger partial charge in [0.2, 0.25) is 11.5 Å². The maximum Gasteiger partial charge on any atom is 0.210 e. The molecule has 2 aliphatic carbocycles. The van der Waals surface area contributed by atoms with Crippen molar-refractivity contribution in [3.63, 3.8) is 0 Å². The van der Waals surface area contributed by atoms with Crippen molar-refractivity contribution in [2.24, 2.45) is 5.41 Å². The van der Waals surface area contributed by atoms with Gasteiger partial charge in [-0.3, -0.25) is 4.79 Å². The smallest absolute Gasteiger partial charge is 0.210 e. The number of ketones is 1. The standard InChI is InChI=1S/C19H34O4Si/c1-12(2)22-14-15(20)17(5)10-11-18(6,24(7,8)9)19(17,21)16(14)23-13(3)4/h12-13,21H,10-11H2,1-9H3/t17-,18-,19-/m0/s1. The summed E-state index contributed by atoms with van der Waals surface area (Å²) in [6, 6.07) is 0. The van der Waals surface area contributed by atoms with Crippen molar-refractivity contribution in [1.29, 1.82) is 0 Å². The van der Waals surface area contributed by atoms with Gasteiger partial charge in [0.1, 0.15) is 5.60 Å². The highest BCUT2D eigenvalue weighted by Crippen LogP contribution is 2.71. The molecule has 2 rings (SSSR count). The Hall–Kier alpha value is -0.813. The van der Waals surface area contributed by atoms with Crippen LogP contribution >= 0.6 is 0 Å². The number of hydrogen-bond donors (Lipinski definition) is 1. The number of fused-ring (bicyclic) bond motifs is 1. The lowest BCUT2D eigenvalue weighted by Crippen LogP contribution is -2.57. The highest BCUT2D eigenvalue weighted by Gasteiger charge is 2.76. The van der Waals surface area contributed by atoms with E-state index in [4.69, 9.17) is 9.47 Å². The molecule has 1 saturated carbocycles. The largest absolute Gasteiger partial charge is 0.488 e. The van der Waals surface area contributed by atoms with Crippen LogP contribution in [-0.2, 0) is 14.3 Å². The number of carbonyl (C=O) groups excluding carboxylic acids is 1. The normalized spacial score (nSPS) is 36.8. The first-order chi connectivity index (χ1) is 10.7. The number of Topliss-reactive ketones (excluding diaryl/α,β-unsaturated/α-hetero) is 1. The molecule has 1 N–H and O–H groups in total. The second-order valence-corrected chi connectivity index (χ2v) is 15.0. The Balaban J connectivity index is 2.73. The van der Waals surface area contributed by atoms with Crippen LogP contribution in [-0.4, -0.2) is 36.8 Å².